The molecule has 1 atom stereocenters. The third-order valence-corrected chi connectivity index (χ3v) is 2.83. The third-order valence-electron chi connectivity index (χ3n) is 2.14. The molecule has 0 amide bonds. The predicted molar refractivity (Wildman–Crippen MR) is 64.1 cm³/mol. The van der Waals surface area contributed by atoms with Gasteiger partial charge < -0.3 is 15.6 Å². The van der Waals surface area contributed by atoms with Crippen molar-refractivity contribution >= 4 is 15.9 Å². The first-order valence-corrected chi connectivity index (χ1v) is 5.33. The molecule has 0 aliphatic carbocycles. The van der Waals surface area contributed by atoms with E-state index < -0.39 is 0 Å². The molecule has 1 aromatic rings. The van der Waals surface area contributed by atoms with Gasteiger partial charge in [-0.3, -0.25) is 0 Å². The van der Waals surface area contributed by atoms with Crippen LogP contribution in [0.25, 0.3) is 0 Å². The van der Waals surface area contributed by atoms with Crippen molar-refractivity contribution in [2.24, 2.45) is 5.73 Å². The van der Waals surface area contributed by atoms with Gasteiger partial charge in [0.1, 0.15) is 0 Å². The third kappa shape index (κ3) is 2.52. The average Bonchev–Trinajstić information content (AvgIpc) is 2.18. The standard InChI is InChI=1S/C11H14BrNO2/c1-3-4-8(13)10-7(12)5-6-9(15-2)11(10)14/h3,5-6,8,14H,1,4,13H2,2H3/t8-/m0/s1. The van der Waals surface area contributed by atoms with Crippen LogP contribution in [-0.2, 0) is 0 Å². The quantitative estimate of drug-likeness (QED) is 0.828. The molecular formula is C11H14BrNO2. The second-order valence-corrected chi connectivity index (χ2v) is 4.00. The molecule has 1 aromatic carbocycles. The fraction of sp³-hybridized carbons (Fsp3) is 0.273. The number of hydrogen-bond acceptors (Lipinski definition) is 3. The molecule has 15 heavy (non-hydrogen) atoms. The minimum atomic E-state index is -0.285. The Hall–Kier alpha value is -1.00. The van der Waals surface area contributed by atoms with Crippen LogP contribution >= 0.6 is 15.9 Å². The summed E-state index contributed by atoms with van der Waals surface area (Å²) in [5.41, 5.74) is 6.56. The van der Waals surface area contributed by atoms with E-state index >= 15 is 0 Å². The number of aromatic hydroxyl groups is 1. The van der Waals surface area contributed by atoms with Crippen molar-refractivity contribution in [2.75, 3.05) is 7.11 Å². The molecule has 0 saturated carbocycles. The maximum Gasteiger partial charge on any atom is 0.163 e. The van der Waals surface area contributed by atoms with E-state index in [0.717, 1.165) is 4.47 Å². The lowest BCUT2D eigenvalue weighted by atomic mass is 10.0. The first kappa shape index (κ1) is 12.1. The molecule has 0 fully saturated rings. The van der Waals surface area contributed by atoms with E-state index in [4.69, 9.17) is 10.5 Å². The molecule has 0 heterocycles. The van der Waals surface area contributed by atoms with Crippen LogP contribution in [0.2, 0.25) is 0 Å². The number of ether oxygens (including phenoxy) is 1. The molecule has 0 aromatic heterocycles. The van der Waals surface area contributed by atoms with Gasteiger partial charge in [-0.1, -0.05) is 22.0 Å². The average molecular weight is 272 g/mol. The van der Waals surface area contributed by atoms with Gasteiger partial charge in [-0.2, -0.15) is 0 Å². The Labute approximate surface area is 97.7 Å². The fourth-order valence-electron chi connectivity index (χ4n) is 1.38. The van der Waals surface area contributed by atoms with Crippen LogP contribution in [0.15, 0.2) is 29.3 Å². The van der Waals surface area contributed by atoms with Crippen molar-refractivity contribution in [3.05, 3.63) is 34.8 Å². The minimum absolute atomic E-state index is 0.0845. The predicted octanol–water partition coefficient (Wildman–Crippen LogP) is 2.74. The van der Waals surface area contributed by atoms with Gasteiger partial charge in [0, 0.05) is 16.1 Å². The lowest BCUT2D eigenvalue weighted by Gasteiger charge is -2.15. The summed E-state index contributed by atoms with van der Waals surface area (Å²) in [7, 11) is 1.51. The summed E-state index contributed by atoms with van der Waals surface area (Å²) >= 11 is 3.35. The largest absolute Gasteiger partial charge is 0.504 e. The molecule has 0 bridgehead atoms. The summed E-state index contributed by atoms with van der Waals surface area (Å²) in [6.45, 7) is 3.62. The highest BCUT2D eigenvalue weighted by atomic mass is 79.9. The van der Waals surface area contributed by atoms with E-state index in [2.05, 4.69) is 22.5 Å². The maximum absolute atomic E-state index is 9.90. The lowest BCUT2D eigenvalue weighted by Crippen LogP contribution is -2.10. The highest BCUT2D eigenvalue weighted by Crippen LogP contribution is 2.38. The number of phenolic OH excluding ortho intramolecular Hbond substituents is 1. The molecule has 0 saturated heterocycles. The molecule has 0 spiro atoms. The summed E-state index contributed by atoms with van der Waals surface area (Å²) < 4.78 is 5.79. The number of halogens is 1. The van der Waals surface area contributed by atoms with Crippen LogP contribution < -0.4 is 10.5 Å². The van der Waals surface area contributed by atoms with E-state index in [1.165, 1.54) is 7.11 Å². The van der Waals surface area contributed by atoms with E-state index in [1.54, 1.807) is 18.2 Å². The first-order valence-electron chi connectivity index (χ1n) is 4.53. The molecule has 82 valence electrons. The number of methoxy groups -OCH3 is 1. The molecule has 3 nitrogen and oxygen atoms in total. The smallest absolute Gasteiger partial charge is 0.163 e. The van der Waals surface area contributed by atoms with Crippen molar-refractivity contribution < 1.29 is 9.84 Å². The van der Waals surface area contributed by atoms with Crippen molar-refractivity contribution in [2.45, 2.75) is 12.5 Å². The van der Waals surface area contributed by atoms with Gasteiger partial charge in [-0.25, -0.2) is 0 Å². The molecule has 1 rings (SSSR count). The molecular weight excluding hydrogens is 258 g/mol. The second-order valence-electron chi connectivity index (χ2n) is 3.14. The van der Waals surface area contributed by atoms with Gasteiger partial charge in [0.05, 0.1) is 7.11 Å². The highest BCUT2D eigenvalue weighted by Gasteiger charge is 2.17. The second kappa shape index (κ2) is 5.19. The zero-order valence-corrected chi connectivity index (χ0v) is 10.1. The van der Waals surface area contributed by atoms with Crippen molar-refractivity contribution in [3.63, 3.8) is 0 Å². The fourth-order valence-corrected chi connectivity index (χ4v) is 1.99. The van der Waals surface area contributed by atoms with Crippen LogP contribution in [0.5, 0.6) is 11.5 Å². The van der Waals surface area contributed by atoms with E-state index in [1.807, 2.05) is 0 Å². The molecule has 3 N–H and O–H groups in total. The number of rotatable bonds is 4. The van der Waals surface area contributed by atoms with Gasteiger partial charge in [0.2, 0.25) is 0 Å². The Morgan fingerprint density at radius 1 is 1.67 bits per heavy atom. The Morgan fingerprint density at radius 2 is 2.33 bits per heavy atom. The zero-order chi connectivity index (χ0) is 11.4. The summed E-state index contributed by atoms with van der Waals surface area (Å²) in [6.07, 6.45) is 2.31. The Morgan fingerprint density at radius 3 is 2.87 bits per heavy atom. The Bertz CT molecular complexity index is 366. The van der Waals surface area contributed by atoms with Gasteiger partial charge in [-0.15, -0.1) is 6.58 Å². The van der Waals surface area contributed by atoms with Crippen LogP contribution in [0.1, 0.15) is 18.0 Å². The summed E-state index contributed by atoms with van der Waals surface area (Å²) in [5, 5.41) is 9.90. The van der Waals surface area contributed by atoms with E-state index in [-0.39, 0.29) is 11.8 Å². The lowest BCUT2D eigenvalue weighted by molar-refractivity contribution is 0.368. The van der Waals surface area contributed by atoms with Gasteiger partial charge in [-0.05, 0) is 18.6 Å². The summed E-state index contributed by atoms with van der Waals surface area (Å²) in [6, 6.07) is 3.20. The molecule has 0 aliphatic heterocycles. The van der Waals surface area contributed by atoms with Crippen LogP contribution in [-0.4, -0.2) is 12.2 Å². The SMILES string of the molecule is C=CC[C@H](N)c1c(Br)ccc(OC)c1O. The zero-order valence-electron chi connectivity index (χ0n) is 8.53. The van der Waals surface area contributed by atoms with Crippen molar-refractivity contribution in [3.8, 4) is 11.5 Å². The normalized spacial score (nSPS) is 12.2. The number of hydrogen-bond donors (Lipinski definition) is 2. The van der Waals surface area contributed by atoms with E-state index in [9.17, 15) is 5.11 Å². The minimum Gasteiger partial charge on any atom is -0.504 e. The number of benzene rings is 1. The maximum atomic E-state index is 9.90. The topological polar surface area (TPSA) is 55.5 Å². The molecule has 4 heteroatoms. The number of phenols is 1. The summed E-state index contributed by atoms with van der Waals surface area (Å²) in [5.74, 6) is 0.508. The van der Waals surface area contributed by atoms with Crippen LogP contribution in [0, 0.1) is 0 Å². The summed E-state index contributed by atoms with van der Waals surface area (Å²) in [4.78, 5) is 0. The highest BCUT2D eigenvalue weighted by molar-refractivity contribution is 9.10. The van der Waals surface area contributed by atoms with Gasteiger partial charge >= 0.3 is 0 Å². The van der Waals surface area contributed by atoms with Crippen molar-refractivity contribution in [1.29, 1.82) is 0 Å². The van der Waals surface area contributed by atoms with Crippen LogP contribution in [0.4, 0.5) is 0 Å². The van der Waals surface area contributed by atoms with Gasteiger partial charge in [0.25, 0.3) is 0 Å². The van der Waals surface area contributed by atoms with Crippen LogP contribution in [0.3, 0.4) is 0 Å². The monoisotopic (exact) mass is 271 g/mol. The Balaban J connectivity index is 3.19. The van der Waals surface area contributed by atoms with Crippen molar-refractivity contribution in [1.82, 2.24) is 0 Å². The first-order chi connectivity index (χ1) is 7.11. The molecule has 0 radical (unpaired) electrons. The number of nitrogens with two attached hydrogens (primary N) is 1. The molecule has 0 aliphatic rings. The molecule has 0 unspecified atom stereocenters. The van der Waals surface area contributed by atoms with E-state index in [0.29, 0.717) is 17.7 Å². The van der Waals surface area contributed by atoms with Gasteiger partial charge in [0.15, 0.2) is 11.5 Å². The Kier molecular flexibility index (Phi) is 4.17.